The fraction of sp³-hybridized carbons (Fsp3) is 0.455. The molecule has 84 valence electrons. The minimum absolute atomic E-state index is 0.175. The molecule has 0 saturated carbocycles. The summed E-state index contributed by atoms with van der Waals surface area (Å²) in [5.74, 6) is 0.550. The molecule has 0 aromatic heterocycles. The van der Waals surface area contributed by atoms with Crippen LogP contribution in [-0.2, 0) is 5.60 Å². The van der Waals surface area contributed by atoms with Crippen LogP contribution in [0.25, 0.3) is 0 Å². The molecule has 0 heterocycles. The van der Waals surface area contributed by atoms with E-state index in [9.17, 15) is 5.11 Å². The molecule has 3 N–H and O–H groups in total. The van der Waals surface area contributed by atoms with Crippen LogP contribution in [0, 0.1) is 0 Å². The smallest absolute Gasteiger partial charge is 0.137 e. The molecule has 1 rings (SSSR count). The summed E-state index contributed by atoms with van der Waals surface area (Å²) in [5, 5.41) is 10.7. The molecule has 0 fully saturated rings. The first-order valence-corrected chi connectivity index (χ1v) is 5.21. The highest BCUT2D eigenvalue weighted by Gasteiger charge is 2.25. The normalized spacial score (nSPS) is 14.7. The number of hydrogen-bond donors (Lipinski definition) is 2. The van der Waals surface area contributed by atoms with Gasteiger partial charge in [-0.15, -0.1) is 0 Å². The van der Waals surface area contributed by atoms with Crippen molar-refractivity contribution in [3.63, 3.8) is 0 Å². The second-order valence-corrected chi connectivity index (χ2v) is 3.85. The summed E-state index contributed by atoms with van der Waals surface area (Å²) in [6.07, 6.45) is 0.550. The van der Waals surface area contributed by atoms with Gasteiger partial charge in [-0.1, -0.05) is 24.6 Å². The van der Waals surface area contributed by atoms with Crippen molar-refractivity contribution < 1.29 is 9.84 Å². The second kappa shape index (κ2) is 4.84. The standard InChI is InChI=1S/C11H16ClNO2/c1-3-11(14,7-13)8-4-5-9(12)10(6-8)15-2/h4-6,14H,3,7,13H2,1-2H3. The van der Waals surface area contributed by atoms with Crippen molar-refractivity contribution in [3.8, 4) is 5.75 Å². The summed E-state index contributed by atoms with van der Waals surface area (Å²) in [5.41, 5.74) is 5.28. The van der Waals surface area contributed by atoms with Gasteiger partial charge in [0.2, 0.25) is 0 Å². The minimum Gasteiger partial charge on any atom is -0.495 e. The molecule has 1 unspecified atom stereocenters. The van der Waals surface area contributed by atoms with Gasteiger partial charge >= 0.3 is 0 Å². The third-order valence-corrected chi connectivity index (χ3v) is 2.92. The zero-order chi connectivity index (χ0) is 11.5. The van der Waals surface area contributed by atoms with E-state index in [1.165, 1.54) is 0 Å². The monoisotopic (exact) mass is 229 g/mol. The number of halogens is 1. The molecule has 0 amide bonds. The SMILES string of the molecule is CCC(O)(CN)c1ccc(Cl)c(OC)c1. The van der Waals surface area contributed by atoms with Gasteiger partial charge in [0, 0.05) is 6.54 Å². The molecule has 1 aromatic rings. The van der Waals surface area contributed by atoms with Crippen molar-refractivity contribution in [2.45, 2.75) is 18.9 Å². The molecule has 0 spiro atoms. The highest BCUT2D eigenvalue weighted by atomic mass is 35.5. The Bertz CT molecular complexity index is 337. The first-order valence-electron chi connectivity index (χ1n) is 4.84. The fourth-order valence-electron chi connectivity index (χ4n) is 1.42. The zero-order valence-electron chi connectivity index (χ0n) is 8.96. The Labute approximate surface area is 94.8 Å². The maximum Gasteiger partial charge on any atom is 0.137 e. The van der Waals surface area contributed by atoms with Crippen molar-refractivity contribution >= 4 is 11.6 Å². The zero-order valence-corrected chi connectivity index (χ0v) is 9.71. The number of rotatable bonds is 4. The molecular weight excluding hydrogens is 214 g/mol. The Morgan fingerprint density at radius 3 is 2.67 bits per heavy atom. The van der Waals surface area contributed by atoms with E-state index in [0.29, 0.717) is 17.2 Å². The number of methoxy groups -OCH3 is 1. The quantitative estimate of drug-likeness (QED) is 0.829. The highest BCUT2D eigenvalue weighted by molar-refractivity contribution is 6.32. The van der Waals surface area contributed by atoms with E-state index >= 15 is 0 Å². The largest absolute Gasteiger partial charge is 0.495 e. The molecule has 0 aliphatic carbocycles. The number of ether oxygens (including phenoxy) is 1. The predicted octanol–water partition coefficient (Wildman–Crippen LogP) is 1.90. The van der Waals surface area contributed by atoms with Crippen LogP contribution in [0.2, 0.25) is 5.02 Å². The van der Waals surface area contributed by atoms with E-state index in [1.54, 1.807) is 25.3 Å². The third kappa shape index (κ3) is 2.43. The van der Waals surface area contributed by atoms with Crippen LogP contribution in [0.5, 0.6) is 5.75 Å². The Hall–Kier alpha value is -0.770. The lowest BCUT2D eigenvalue weighted by molar-refractivity contribution is 0.0416. The van der Waals surface area contributed by atoms with Crippen LogP contribution >= 0.6 is 11.6 Å². The van der Waals surface area contributed by atoms with Crippen LogP contribution in [0.15, 0.2) is 18.2 Å². The van der Waals surface area contributed by atoms with Crippen molar-refractivity contribution in [1.82, 2.24) is 0 Å². The topological polar surface area (TPSA) is 55.5 Å². The van der Waals surface area contributed by atoms with Crippen molar-refractivity contribution in [2.75, 3.05) is 13.7 Å². The van der Waals surface area contributed by atoms with Gasteiger partial charge in [0.25, 0.3) is 0 Å². The summed E-state index contributed by atoms with van der Waals surface area (Å²) in [6, 6.07) is 5.19. The average molecular weight is 230 g/mol. The Kier molecular flexibility index (Phi) is 3.97. The number of hydrogen-bond acceptors (Lipinski definition) is 3. The van der Waals surface area contributed by atoms with Crippen LogP contribution < -0.4 is 10.5 Å². The first kappa shape index (κ1) is 12.3. The molecule has 4 heteroatoms. The van der Waals surface area contributed by atoms with Gasteiger partial charge < -0.3 is 15.6 Å². The number of nitrogens with two attached hydrogens (primary N) is 1. The minimum atomic E-state index is -1.00. The lowest BCUT2D eigenvalue weighted by atomic mass is 9.91. The van der Waals surface area contributed by atoms with Gasteiger partial charge in [-0.2, -0.15) is 0 Å². The van der Waals surface area contributed by atoms with Gasteiger partial charge in [-0.25, -0.2) is 0 Å². The molecular formula is C11H16ClNO2. The summed E-state index contributed by atoms with van der Waals surface area (Å²) in [6.45, 7) is 2.06. The van der Waals surface area contributed by atoms with E-state index in [2.05, 4.69) is 0 Å². The van der Waals surface area contributed by atoms with Gasteiger partial charge in [0.15, 0.2) is 0 Å². The fourth-order valence-corrected chi connectivity index (χ4v) is 1.61. The van der Waals surface area contributed by atoms with Crippen molar-refractivity contribution in [3.05, 3.63) is 28.8 Å². The molecule has 15 heavy (non-hydrogen) atoms. The second-order valence-electron chi connectivity index (χ2n) is 3.44. The van der Waals surface area contributed by atoms with E-state index in [0.717, 1.165) is 5.56 Å². The maximum atomic E-state index is 10.2. The third-order valence-electron chi connectivity index (χ3n) is 2.61. The Morgan fingerprint density at radius 2 is 2.20 bits per heavy atom. The molecule has 1 atom stereocenters. The predicted molar refractivity (Wildman–Crippen MR) is 61.2 cm³/mol. The number of aliphatic hydroxyl groups is 1. The highest BCUT2D eigenvalue weighted by Crippen LogP contribution is 2.31. The van der Waals surface area contributed by atoms with Crippen LogP contribution in [0.1, 0.15) is 18.9 Å². The lowest BCUT2D eigenvalue weighted by Crippen LogP contribution is -2.34. The molecule has 0 bridgehead atoms. The molecule has 0 aliphatic rings. The molecule has 0 radical (unpaired) electrons. The molecule has 0 aliphatic heterocycles. The lowest BCUT2D eigenvalue weighted by Gasteiger charge is -2.25. The van der Waals surface area contributed by atoms with E-state index in [1.807, 2.05) is 6.92 Å². The van der Waals surface area contributed by atoms with E-state index < -0.39 is 5.60 Å². The van der Waals surface area contributed by atoms with Crippen molar-refractivity contribution in [1.29, 1.82) is 0 Å². The van der Waals surface area contributed by atoms with Gasteiger partial charge in [-0.05, 0) is 24.1 Å². The van der Waals surface area contributed by atoms with Crippen LogP contribution in [0.3, 0.4) is 0 Å². The van der Waals surface area contributed by atoms with Crippen molar-refractivity contribution in [2.24, 2.45) is 5.73 Å². The average Bonchev–Trinajstić information content (AvgIpc) is 2.28. The number of benzene rings is 1. The van der Waals surface area contributed by atoms with Gasteiger partial charge in [0.1, 0.15) is 11.4 Å². The van der Waals surface area contributed by atoms with Crippen LogP contribution in [-0.4, -0.2) is 18.8 Å². The Balaban J connectivity index is 3.15. The molecule has 0 saturated heterocycles. The van der Waals surface area contributed by atoms with Gasteiger partial charge in [-0.3, -0.25) is 0 Å². The summed E-state index contributed by atoms with van der Waals surface area (Å²) >= 11 is 5.89. The van der Waals surface area contributed by atoms with E-state index in [4.69, 9.17) is 22.1 Å². The van der Waals surface area contributed by atoms with E-state index in [-0.39, 0.29) is 6.54 Å². The summed E-state index contributed by atoms with van der Waals surface area (Å²) in [4.78, 5) is 0. The first-order chi connectivity index (χ1) is 7.07. The van der Waals surface area contributed by atoms with Crippen LogP contribution in [0.4, 0.5) is 0 Å². The summed E-state index contributed by atoms with van der Waals surface area (Å²) in [7, 11) is 1.54. The maximum absolute atomic E-state index is 10.2. The molecule has 3 nitrogen and oxygen atoms in total. The van der Waals surface area contributed by atoms with Gasteiger partial charge in [0.05, 0.1) is 12.1 Å². The Morgan fingerprint density at radius 1 is 1.53 bits per heavy atom. The summed E-state index contributed by atoms with van der Waals surface area (Å²) < 4.78 is 5.09. The molecule has 1 aromatic carbocycles.